The van der Waals surface area contributed by atoms with Gasteiger partial charge in [-0.3, -0.25) is 5.41 Å². The summed E-state index contributed by atoms with van der Waals surface area (Å²) in [6.07, 6.45) is 3.31. The van der Waals surface area contributed by atoms with Gasteiger partial charge in [-0.25, -0.2) is 8.42 Å². The number of aromatic nitrogens is 1. The van der Waals surface area contributed by atoms with Crippen LogP contribution in [0.2, 0.25) is 0 Å². The summed E-state index contributed by atoms with van der Waals surface area (Å²) in [4.78, 5) is 0.397. The molecule has 4 aromatic rings. The van der Waals surface area contributed by atoms with Crippen LogP contribution in [0.25, 0.3) is 21.7 Å². The van der Waals surface area contributed by atoms with Crippen molar-refractivity contribution in [2.75, 3.05) is 6.54 Å². The molecule has 0 spiro atoms. The van der Waals surface area contributed by atoms with Gasteiger partial charge in [0.1, 0.15) is 5.84 Å². The number of nitrogen functional groups attached to an aromatic ring is 1. The standard InChI is InChI=1S/C26H28N4O2S/c1-29-22(16-19-11-12-20(26(27)28)17-24(19)29)14-13-21-8-5-15-30(21)33(31,32)25-10-4-7-18-6-2-3-9-23(18)25/h2-4,6-7,9-12,16-17,21H,5,8,13-15H2,1H3,(H3,27,28)/t21-/m0/s1. The normalized spacial score (nSPS) is 17.2. The first kappa shape index (κ1) is 21.7. The highest BCUT2D eigenvalue weighted by molar-refractivity contribution is 7.89. The molecule has 0 saturated carbocycles. The number of hydrogen-bond donors (Lipinski definition) is 2. The number of nitrogens with one attached hydrogen (secondary N) is 1. The Balaban J connectivity index is 1.40. The molecule has 1 aromatic heterocycles. The molecule has 0 radical (unpaired) electrons. The van der Waals surface area contributed by atoms with Gasteiger partial charge in [0.2, 0.25) is 10.0 Å². The van der Waals surface area contributed by atoms with Crippen molar-refractivity contribution in [3.63, 3.8) is 0 Å². The summed E-state index contributed by atoms with van der Waals surface area (Å²) in [5.74, 6) is 0.0555. The average molecular weight is 461 g/mol. The molecule has 1 atom stereocenters. The molecule has 33 heavy (non-hydrogen) atoms. The lowest BCUT2D eigenvalue weighted by molar-refractivity contribution is 0.369. The molecule has 7 heteroatoms. The van der Waals surface area contributed by atoms with Crippen molar-refractivity contribution in [3.05, 3.63) is 78.0 Å². The van der Waals surface area contributed by atoms with E-state index in [0.717, 1.165) is 53.1 Å². The minimum atomic E-state index is -3.58. The van der Waals surface area contributed by atoms with Crippen molar-refractivity contribution in [1.29, 1.82) is 5.41 Å². The van der Waals surface area contributed by atoms with Crippen molar-refractivity contribution >= 4 is 37.5 Å². The van der Waals surface area contributed by atoms with Crippen LogP contribution >= 0.6 is 0 Å². The van der Waals surface area contributed by atoms with Crippen molar-refractivity contribution in [2.24, 2.45) is 12.8 Å². The Morgan fingerprint density at radius 3 is 2.67 bits per heavy atom. The zero-order valence-corrected chi connectivity index (χ0v) is 19.5. The molecule has 0 unspecified atom stereocenters. The number of nitrogens with zero attached hydrogens (tertiary/aromatic N) is 2. The van der Waals surface area contributed by atoms with E-state index in [2.05, 4.69) is 10.6 Å². The maximum absolute atomic E-state index is 13.7. The molecule has 3 N–H and O–H groups in total. The summed E-state index contributed by atoms with van der Waals surface area (Å²) in [6.45, 7) is 0.563. The fraction of sp³-hybridized carbons (Fsp3) is 0.269. The summed E-state index contributed by atoms with van der Waals surface area (Å²) in [5.41, 5.74) is 8.54. The topological polar surface area (TPSA) is 92.2 Å². The minimum Gasteiger partial charge on any atom is -0.384 e. The van der Waals surface area contributed by atoms with Gasteiger partial charge in [-0.05, 0) is 54.7 Å². The van der Waals surface area contributed by atoms with Gasteiger partial charge in [-0.2, -0.15) is 4.31 Å². The third-order valence-corrected chi connectivity index (χ3v) is 8.86. The van der Waals surface area contributed by atoms with Crippen molar-refractivity contribution in [2.45, 2.75) is 36.6 Å². The van der Waals surface area contributed by atoms with E-state index < -0.39 is 10.0 Å². The predicted molar refractivity (Wildman–Crippen MR) is 133 cm³/mol. The fourth-order valence-corrected chi connectivity index (χ4v) is 7.01. The summed E-state index contributed by atoms with van der Waals surface area (Å²) < 4.78 is 31.2. The minimum absolute atomic E-state index is 0.0141. The Labute approximate surface area is 194 Å². The van der Waals surface area contributed by atoms with Gasteiger partial charge in [0.25, 0.3) is 0 Å². The second kappa shape index (κ2) is 8.32. The Bertz CT molecular complexity index is 1470. The molecule has 6 nitrogen and oxygen atoms in total. The highest BCUT2D eigenvalue weighted by Crippen LogP contribution is 2.32. The third-order valence-electron chi connectivity index (χ3n) is 6.85. The number of hydrogen-bond acceptors (Lipinski definition) is 3. The Morgan fingerprint density at radius 1 is 1.06 bits per heavy atom. The monoisotopic (exact) mass is 460 g/mol. The number of aryl methyl sites for hydroxylation is 2. The third kappa shape index (κ3) is 3.81. The summed E-state index contributed by atoms with van der Waals surface area (Å²) in [5, 5.41) is 10.5. The van der Waals surface area contributed by atoms with E-state index >= 15 is 0 Å². The molecule has 5 rings (SSSR count). The van der Waals surface area contributed by atoms with Crippen molar-refractivity contribution < 1.29 is 8.42 Å². The lowest BCUT2D eigenvalue weighted by atomic mass is 10.1. The van der Waals surface area contributed by atoms with Gasteiger partial charge in [0, 0.05) is 41.8 Å². The first-order chi connectivity index (χ1) is 15.9. The largest absolute Gasteiger partial charge is 0.384 e. The van der Waals surface area contributed by atoms with Crippen molar-refractivity contribution in [3.8, 4) is 0 Å². The van der Waals surface area contributed by atoms with Crippen molar-refractivity contribution in [1.82, 2.24) is 8.87 Å². The lowest BCUT2D eigenvalue weighted by Gasteiger charge is -2.25. The van der Waals surface area contributed by atoms with E-state index in [0.29, 0.717) is 17.0 Å². The fourth-order valence-electron chi connectivity index (χ4n) is 5.07. The van der Waals surface area contributed by atoms with Crippen LogP contribution in [0.15, 0.2) is 71.6 Å². The first-order valence-corrected chi connectivity index (χ1v) is 12.7. The van der Waals surface area contributed by atoms with Crippen LogP contribution < -0.4 is 5.73 Å². The zero-order valence-electron chi connectivity index (χ0n) is 18.7. The van der Waals surface area contributed by atoms with Crippen LogP contribution in [-0.2, 0) is 23.5 Å². The van der Waals surface area contributed by atoms with E-state index in [1.165, 1.54) is 0 Å². The van der Waals surface area contributed by atoms with E-state index in [1.54, 1.807) is 10.4 Å². The lowest BCUT2D eigenvalue weighted by Crippen LogP contribution is -2.36. The van der Waals surface area contributed by atoms with Gasteiger partial charge in [-0.1, -0.05) is 48.5 Å². The van der Waals surface area contributed by atoms with E-state index in [4.69, 9.17) is 11.1 Å². The number of fused-ring (bicyclic) bond motifs is 2. The maximum Gasteiger partial charge on any atom is 0.243 e. The molecule has 1 aliphatic heterocycles. The average Bonchev–Trinajstić information content (AvgIpc) is 3.42. The molecule has 170 valence electrons. The molecule has 1 fully saturated rings. The first-order valence-electron chi connectivity index (χ1n) is 11.3. The van der Waals surface area contributed by atoms with Crippen LogP contribution in [0.3, 0.4) is 0 Å². The van der Waals surface area contributed by atoms with Gasteiger partial charge < -0.3 is 10.3 Å². The Kier molecular flexibility index (Phi) is 5.46. The summed E-state index contributed by atoms with van der Waals surface area (Å²) >= 11 is 0. The molecule has 0 aliphatic carbocycles. The zero-order chi connectivity index (χ0) is 23.2. The van der Waals surface area contributed by atoms with E-state index in [-0.39, 0.29) is 11.9 Å². The highest BCUT2D eigenvalue weighted by Gasteiger charge is 2.35. The van der Waals surface area contributed by atoms with E-state index in [9.17, 15) is 8.42 Å². The van der Waals surface area contributed by atoms with Crippen LogP contribution in [0.4, 0.5) is 0 Å². The molecule has 1 saturated heterocycles. The Hall–Kier alpha value is -3.16. The molecular formula is C26H28N4O2S. The van der Waals surface area contributed by atoms with Crippen LogP contribution in [-0.4, -0.2) is 35.7 Å². The summed E-state index contributed by atoms with van der Waals surface area (Å²) in [6, 6.07) is 21.1. The predicted octanol–water partition coefficient (Wildman–Crippen LogP) is 4.40. The van der Waals surface area contributed by atoms with Gasteiger partial charge in [-0.15, -0.1) is 0 Å². The molecule has 1 aliphatic rings. The quantitative estimate of drug-likeness (QED) is 0.330. The van der Waals surface area contributed by atoms with E-state index in [1.807, 2.05) is 61.6 Å². The van der Waals surface area contributed by atoms with Gasteiger partial charge in [0.05, 0.1) is 4.90 Å². The highest BCUT2D eigenvalue weighted by atomic mass is 32.2. The second-order valence-corrected chi connectivity index (χ2v) is 10.7. The van der Waals surface area contributed by atoms with Crippen LogP contribution in [0, 0.1) is 5.41 Å². The molecule has 3 aromatic carbocycles. The number of nitrogens with two attached hydrogens (primary N) is 1. The SMILES string of the molecule is Cn1c(CC[C@@H]2CCCN2S(=O)(=O)c2cccc3ccccc23)cc2ccc(C(=N)N)cc21. The molecular weight excluding hydrogens is 432 g/mol. The maximum atomic E-state index is 13.7. The number of sulfonamides is 1. The molecule has 2 heterocycles. The number of rotatable bonds is 6. The smallest absolute Gasteiger partial charge is 0.243 e. The summed E-state index contributed by atoms with van der Waals surface area (Å²) in [7, 11) is -1.56. The Morgan fingerprint density at radius 2 is 1.85 bits per heavy atom. The van der Waals surface area contributed by atoms with Crippen LogP contribution in [0.5, 0.6) is 0 Å². The molecule has 0 amide bonds. The second-order valence-electron chi connectivity index (χ2n) is 8.81. The van der Waals surface area contributed by atoms with Crippen LogP contribution in [0.1, 0.15) is 30.5 Å². The van der Waals surface area contributed by atoms with Gasteiger partial charge in [0.15, 0.2) is 0 Å². The number of amidine groups is 1. The number of benzene rings is 3. The van der Waals surface area contributed by atoms with Gasteiger partial charge >= 0.3 is 0 Å². The molecule has 0 bridgehead atoms.